The summed E-state index contributed by atoms with van der Waals surface area (Å²) in [6.45, 7) is 7.02. The normalized spacial score (nSPS) is 11.4. The molecule has 0 aliphatic carbocycles. The number of carbonyl (C=O) groups is 1. The molecule has 1 amide bonds. The van der Waals surface area contributed by atoms with E-state index in [-0.39, 0.29) is 47.7 Å². The minimum atomic E-state index is -0.424. The van der Waals surface area contributed by atoms with Gasteiger partial charge in [0, 0.05) is 36.1 Å². The first kappa shape index (κ1) is 26.8. The molecule has 10 heteroatoms. The van der Waals surface area contributed by atoms with Gasteiger partial charge in [0.15, 0.2) is 5.96 Å². The Balaban J connectivity index is 0.00000480. The second-order valence-electron chi connectivity index (χ2n) is 7.97. The molecule has 1 heterocycles. The average molecular weight is 559 g/mol. The average Bonchev–Trinajstić information content (AvgIpc) is 3.16. The number of nitrogens with zero attached hydrogens (tertiary/aromatic N) is 3. The summed E-state index contributed by atoms with van der Waals surface area (Å²) < 4.78 is 0. The number of amides is 1. The fraction of sp³-hybridized carbons (Fsp3) is 0.429. The Morgan fingerprint density at radius 2 is 1.90 bits per heavy atom. The Labute approximate surface area is 204 Å². The largest absolute Gasteiger partial charge is 0.356 e. The van der Waals surface area contributed by atoms with Crippen molar-refractivity contribution in [1.82, 2.24) is 15.5 Å². The molecule has 2 N–H and O–H groups in total. The molecule has 0 fully saturated rings. The second kappa shape index (κ2) is 12.6. The molecular formula is C21H30IN5O3S. The Morgan fingerprint density at radius 3 is 2.45 bits per heavy atom. The van der Waals surface area contributed by atoms with Crippen LogP contribution in [0.5, 0.6) is 0 Å². The first-order valence-corrected chi connectivity index (χ1v) is 10.6. The summed E-state index contributed by atoms with van der Waals surface area (Å²) in [5.41, 5.74) is 0.597. The van der Waals surface area contributed by atoms with Crippen LogP contribution in [-0.2, 0) is 17.8 Å². The molecule has 0 atom stereocenters. The Kier molecular flexibility index (Phi) is 10.9. The Bertz CT molecular complexity index is 864. The van der Waals surface area contributed by atoms with Crippen LogP contribution in [0, 0.1) is 10.1 Å². The number of aliphatic imine (C=N–C) groups is 1. The highest BCUT2D eigenvalue weighted by Gasteiger charge is 2.17. The molecule has 0 aliphatic rings. The number of nitro groups is 1. The van der Waals surface area contributed by atoms with Gasteiger partial charge >= 0.3 is 0 Å². The van der Waals surface area contributed by atoms with E-state index >= 15 is 0 Å². The standard InChI is InChI=1S/C21H29N5O3S.HI/c1-21(2,3)24-19(27)15-25(4)20(22-12-11-18-6-5-13-30-18)23-14-16-7-9-17(10-8-16)26(28)29;/h5-10,13H,11-12,14-15H2,1-4H3,(H,22,23)(H,24,27);1H. The van der Waals surface area contributed by atoms with Gasteiger partial charge in [-0.15, -0.1) is 35.3 Å². The zero-order valence-corrected chi connectivity index (χ0v) is 21.4. The van der Waals surface area contributed by atoms with Crippen LogP contribution in [0.25, 0.3) is 0 Å². The van der Waals surface area contributed by atoms with Gasteiger partial charge in [-0.3, -0.25) is 14.9 Å². The SMILES string of the molecule is CN(CC(=O)NC(C)(C)C)C(=NCc1ccc([N+](=O)[O-])cc1)NCCc1cccs1.I. The zero-order valence-electron chi connectivity index (χ0n) is 18.3. The van der Waals surface area contributed by atoms with Crippen molar-refractivity contribution in [1.29, 1.82) is 0 Å². The molecule has 170 valence electrons. The fourth-order valence-corrected chi connectivity index (χ4v) is 3.41. The smallest absolute Gasteiger partial charge is 0.269 e. The number of guanidine groups is 1. The predicted molar refractivity (Wildman–Crippen MR) is 136 cm³/mol. The number of benzene rings is 1. The number of nitro benzene ring substituents is 1. The lowest BCUT2D eigenvalue weighted by molar-refractivity contribution is -0.384. The van der Waals surface area contributed by atoms with E-state index in [9.17, 15) is 14.9 Å². The highest BCUT2D eigenvalue weighted by molar-refractivity contribution is 14.0. The minimum absolute atomic E-state index is 0. The summed E-state index contributed by atoms with van der Waals surface area (Å²) in [6, 6.07) is 10.4. The predicted octanol–water partition coefficient (Wildman–Crippen LogP) is 3.81. The number of carbonyl (C=O) groups excluding carboxylic acids is 1. The summed E-state index contributed by atoms with van der Waals surface area (Å²) in [5, 5.41) is 19.1. The first-order chi connectivity index (χ1) is 14.1. The topological polar surface area (TPSA) is 99.9 Å². The molecule has 0 saturated carbocycles. The molecule has 0 unspecified atom stereocenters. The number of rotatable bonds is 8. The van der Waals surface area contributed by atoms with Gasteiger partial charge in [-0.2, -0.15) is 0 Å². The molecule has 0 spiro atoms. The van der Waals surface area contributed by atoms with Crippen LogP contribution in [0.15, 0.2) is 46.8 Å². The first-order valence-electron chi connectivity index (χ1n) is 9.70. The third-order valence-corrected chi connectivity index (χ3v) is 4.99. The highest BCUT2D eigenvalue weighted by atomic mass is 127. The van der Waals surface area contributed by atoms with Crippen molar-refractivity contribution in [3.8, 4) is 0 Å². The van der Waals surface area contributed by atoms with Crippen molar-refractivity contribution in [3.05, 3.63) is 62.3 Å². The van der Waals surface area contributed by atoms with E-state index in [0.717, 1.165) is 12.0 Å². The van der Waals surface area contributed by atoms with E-state index in [1.54, 1.807) is 28.4 Å². The molecular weight excluding hydrogens is 529 g/mol. The monoisotopic (exact) mass is 559 g/mol. The number of thiophene rings is 1. The molecule has 2 rings (SSSR count). The van der Waals surface area contributed by atoms with Crippen molar-refractivity contribution >= 4 is 52.9 Å². The van der Waals surface area contributed by atoms with Gasteiger partial charge < -0.3 is 15.5 Å². The second-order valence-corrected chi connectivity index (χ2v) is 9.01. The van der Waals surface area contributed by atoms with Crippen molar-refractivity contribution in [2.75, 3.05) is 20.1 Å². The third kappa shape index (κ3) is 10.1. The lowest BCUT2D eigenvalue weighted by atomic mass is 10.1. The summed E-state index contributed by atoms with van der Waals surface area (Å²) in [4.78, 5) is 30.4. The quantitative estimate of drug-likeness (QED) is 0.169. The summed E-state index contributed by atoms with van der Waals surface area (Å²) >= 11 is 1.70. The van der Waals surface area contributed by atoms with Crippen LogP contribution < -0.4 is 10.6 Å². The van der Waals surface area contributed by atoms with E-state index < -0.39 is 4.92 Å². The molecule has 0 radical (unpaired) electrons. The van der Waals surface area contributed by atoms with E-state index in [1.165, 1.54) is 17.0 Å². The van der Waals surface area contributed by atoms with E-state index in [4.69, 9.17) is 0 Å². The van der Waals surface area contributed by atoms with Crippen LogP contribution >= 0.6 is 35.3 Å². The third-order valence-electron chi connectivity index (χ3n) is 4.05. The van der Waals surface area contributed by atoms with Crippen LogP contribution in [0.4, 0.5) is 5.69 Å². The van der Waals surface area contributed by atoms with Gasteiger partial charge in [0.25, 0.3) is 5.69 Å². The van der Waals surface area contributed by atoms with Gasteiger partial charge in [-0.05, 0) is 44.2 Å². The van der Waals surface area contributed by atoms with E-state index in [0.29, 0.717) is 19.0 Å². The van der Waals surface area contributed by atoms with Crippen LogP contribution in [0.2, 0.25) is 0 Å². The lowest BCUT2D eigenvalue weighted by Crippen LogP contribution is -2.49. The number of hydrogen-bond acceptors (Lipinski definition) is 5. The maximum absolute atomic E-state index is 12.3. The van der Waals surface area contributed by atoms with Gasteiger partial charge in [0.05, 0.1) is 18.0 Å². The fourth-order valence-electron chi connectivity index (χ4n) is 2.70. The maximum Gasteiger partial charge on any atom is 0.269 e. The van der Waals surface area contributed by atoms with E-state index in [1.807, 2.05) is 39.3 Å². The molecule has 1 aromatic heterocycles. The molecule has 0 aliphatic heterocycles. The van der Waals surface area contributed by atoms with Gasteiger partial charge in [-0.1, -0.05) is 18.2 Å². The molecule has 1 aromatic carbocycles. The summed E-state index contributed by atoms with van der Waals surface area (Å²) in [7, 11) is 1.81. The lowest BCUT2D eigenvalue weighted by Gasteiger charge is -2.25. The number of non-ortho nitro benzene ring substituents is 1. The van der Waals surface area contributed by atoms with Gasteiger partial charge in [-0.25, -0.2) is 4.99 Å². The molecule has 0 saturated heterocycles. The zero-order chi connectivity index (χ0) is 22.1. The van der Waals surface area contributed by atoms with Crippen LogP contribution in [0.1, 0.15) is 31.2 Å². The minimum Gasteiger partial charge on any atom is -0.356 e. The van der Waals surface area contributed by atoms with Crippen molar-refractivity contribution < 1.29 is 9.72 Å². The summed E-state index contributed by atoms with van der Waals surface area (Å²) in [6.07, 6.45) is 0.857. The Morgan fingerprint density at radius 1 is 1.23 bits per heavy atom. The van der Waals surface area contributed by atoms with Crippen molar-refractivity contribution in [3.63, 3.8) is 0 Å². The molecule has 31 heavy (non-hydrogen) atoms. The molecule has 2 aromatic rings. The molecule has 8 nitrogen and oxygen atoms in total. The Hall–Kier alpha value is -2.21. The number of likely N-dealkylation sites (N-methyl/N-ethyl adjacent to an activating group) is 1. The number of halogens is 1. The van der Waals surface area contributed by atoms with Crippen LogP contribution in [0.3, 0.4) is 0 Å². The van der Waals surface area contributed by atoms with Crippen LogP contribution in [-0.4, -0.2) is 47.4 Å². The van der Waals surface area contributed by atoms with Gasteiger partial charge in [0.2, 0.25) is 5.91 Å². The highest BCUT2D eigenvalue weighted by Crippen LogP contribution is 2.13. The number of hydrogen-bond donors (Lipinski definition) is 2. The number of nitrogens with one attached hydrogen (secondary N) is 2. The molecule has 0 bridgehead atoms. The van der Waals surface area contributed by atoms with Crippen molar-refractivity contribution in [2.45, 2.75) is 39.3 Å². The summed E-state index contributed by atoms with van der Waals surface area (Å²) in [5.74, 6) is 0.516. The van der Waals surface area contributed by atoms with Crippen molar-refractivity contribution in [2.24, 2.45) is 4.99 Å². The van der Waals surface area contributed by atoms with Gasteiger partial charge in [0.1, 0.15) is 0 Å². The maximum atomic E-state index is 12.3. The van der Waals surface area contributed by atoms with E-state index in [2.05, 4.69) is 21.7 Å².